The quantitative estimate of drug-likeness (QED) is 0.222. The molecule has 0 radical (unpaired) electrons. The fourth-order valence-electron chi connectivity index (χ4n) is 4.31. The molecule has 1 heterocycles. The Balaban J connectivity index is 1.22. The summed E-state index contributed by atoms with van der Waals surface area (Å²) in [6.45, 7) is 3.10. The van der Waals surface area contributed by atoms with Crippen molar-refractivity contribution in [2.24, 2.45) is 0 Å². The molecule has 0 aliphatic heterocycles. The lowest BCUT2D eigenvalue weighted by Crippen LogP contribution is -2.16. The highest BCUT2D eigenvalue weighted by molar-refractivity contribution is 5.86. The van der Waals surface area contributed by atoms with Crippen molar-refractivity contribution in [3.63, 3.8) is 0 Å². The van der Waals surface area contributed by atoms with E-state index in [2.05, 4.69) is 34.1 Å². The fourth-order valence-corrected chi connectivity index (χ4v) is 4.31. The molecule has 0 atom stereocenters. The zero-order chi connectivity index (χ0) is 27.0. The lowest BCUT2D eigenvalue weighted by molar-refractivity contribution is 0.215. The number of nitrogens with one attached hydrogen (secondary N) is 1. The van der Waals surface area contributed by atoms with Crippen LogP contribution in [0.4, 0.5) is 10.5 Å². The third-order valence-corrected chi connectivity index (χ3v) is 6.21. The molecule has 5 aromatic rings. The van der Waals surface area contributed by atoms with Crippen molar-refractivity contribution in [1.82, 2.24) is 9.55 Å². The van der Waals surface area contributed by atoms with Crippen molar-refractivity contribution < 1.29 is 19.0 Å². The van der Waals surface area contributed by atoms with Crippen molar-refractivity contribution in [3.8, 4) is 39.8 Å². The maximum Gasteiger partial charge on any atom is 0.417 e. The van der Waals surface area contributed by atoms with Gasteiger partial charge in [-0.3, -0.25) is 5.32 Å². The molecule has 0 saturated heterocycles. The Morgan fingerprint density at radius 1 is 0.769 bits per heavy atom. The summed E-state index contributed by atoms with van der Waals surface area (Å²) in [5.74, 6) is 2.74. The number of benzene rings is 4. The van der Waals surface area contributed by atoms with Gasteiger partial charge in [0, 0.05) is 16.8 Å². The van der Waals surface area contributed by atoms with Gasteiger partial charge in [0.25, 0.3) is 0 Å². The first kappa shape index (κ1) is 25.6. The number of amides is 1. The number of hydrogen-bond donors (Lipinski definition) is 1. The smallest absolute Gasteiger partial charge is 0.417 e. The molecule has 7 nitrogen and oxygen atoms in total. The molecule has 0 aliphatic rings. The molecule has 0 spiro atoms. The molecule has 7 heteroatoms. The van der Waals surface area contributed by atoms with Crippen LogP contribution in [-0.2, 0) is 6.54 Å². The van der Waals surface area contributed by atoms with Crippen LogP contribution in [0.15, 0.2) is 109 Å². The summed E-state index contributed by atoms with van der Waals surface area (Å²) in [6, 6.07) is 34.5. The maximum atomic E-state index is 12.2. The van der Waals surface area contributed by atoms with Crippen LogP contribution < -0.4 is 19.5 Å². The van der Waals surface area contributed by atoms with E-state index in [1.54, 1.807) is 43.5 Å². The molecule has 1 N–H and O–H groups in total. The summed E-state index contributed by atoms with van der Waals surface area (Å²) >= 11 is 0. The van der Waals surface area contributed by atoms with E-state index >= 15 is 0 Å². The number of aryl methyl sites for hydroxylation is 1. The Kier molecular flexibility index (Phi) is 7.88. The van der Waals surface area contributed by atoms with E-state index in [0.29, 0.717) is 36.1 Å². The molecule has 0 saturated carbocycles. The van der Waals surface area contributed by atoms with E-state index in [1.165, 1.54) is 0 Å². The number of rotatable bonds is 9. The van der Waals surface area contributed by atoms with Crippen molar-refractivity contribution in [3.05, 3.63) is 115 Å². The van der Waals surface area contributed by atoms with E-state index in [-0.39, 0.29) is 0 Å². The number of ether oxygens (including phenoxy) is 3. The lowest BCUT2D eigenvalue weighted by atomic mass is 10.0. The minimum absolute atomic E-state index is 0.424. The van der Waals surface area contributed by atoms with Gasteiger partial charge in [0.2, 0.25) is 0 Å². The van der Waals surface area contributed by atoms with E-state index < -0.39 is 6.09 Å². The van der Waals surface area contributed by atoms with Gasteiger partial charge < -0.3 is 18.8 Å². The van der Waals surface area contributed by atoms with Gasteiger partial charge in [-0.2, -0.15) is 0 Å². The molecule has 1 aromatic heterocycles. The molecule has 5 rings (SSSR count). The van der Waals surface area contributed by atoms with Gasteiger partial charge >= 0.3 is 6.09 Å². The van der Waals surface area contributed by atoms with Crippen LogP contribution in [0.3, 0.4) is 0 Å². The number of hydrogen-bond acceptors (Lipinski definition) is 5. The van der Waals surface area contributed by atoms with Crippen LogP contribution in [0, 0.1) is 6.92 Å². The van der Waals surface area contributed by atoms with Crippen molar-refractivity contribution >= 4 is 11.8 Å². The minimum atomic E-state index is -0.577. The number of imidazole rings is 1. The van der Waals surface area contributed by atoms with E-state index in [4.69, 9.17) is 19.2 Å². The van der Waals surface area contributed by atoms with Gasteiger partial charge in [0.1, 0.15) is 29.7 Å². The van der Waals surface area contributed by atoms with Crippen LogP contribution in [0.1, 0.15) is 5.82 Å². The molecular formula is C32H29N3O4. The zero-order valence-corrected chi connectivity index (χ0v) is 21.8. The summed E-state index contributed by atoms with van der Waals surface area (Å²) in [4.78, 5) is 17.1. The number of methoxy groups -OCH3 is 1. The van der Waals surface area contributed by atoms with Gasteiger partial charge in [0.15, 0.2) is 0 Å². The predicted octanol–water partition coefficient (Wildman–Crippen LogP) is 7.22. The van der Waals surface area contributed by atoms with Gasteiger partial charge in [-0.05, 0) is 55.5 Å². The molecule has 4 aromatic carbocycles. The van der Waals surface area contributed by atoms with Crippen molar-refractivity contribution in [1.29, 1.82) is 0 Å². The minimum Gasteiger partial charge on any atom is -0.497 e. The lowest BCUT2D eigenvalue weighted by Gasteiger charge is -2.13. The Morgan fingerprint density at radius 3 is 2.00 bits per heavy atom. The second-order valence-corrected chi connectivity index (χ2v) is 8.80. The molecule has 0 fully saturated rings. The third kappa shape index (κ3) is 6.27. The van der Waals surface area contributed by atoms with Gasteiger partial charge in [-0.15, -0.1) is 0 Å². The third-order valence-electron chi connectivity index (χ3n) is 6.21. The molecular weight excluding hydrogens is 490 g/mol. The standard InChI is InChI=1S/C32H29N3O4/c1-23-33-30(24-9-5-3-6-10-24)31(25-11-7-4-8-12-25)35(23)21-22-38-28-15-13-26(14-16-28)34-32(36)39-29-19-17-27(37-2)18-20-29/h3-20H,21-22H2,1-2H3,(H,34,36). The van der Waals surface area contributed by atoms with E-state index in [9.17, 15) is 4.79 Å². The van der Waals surface area contributed by atoms with Crippen molar-refractivity contribution in [2.75, 3.05) is 19.0 Å². The number of nitrogens with zero attached hydrogens (tertiary/aromatic N) is 2. The van der Waals surface area contributed by atoms with Gasteiger partial charge in [-0.25, -0.2) is 9.78 Å². The summed E-state index contributed by atoms with van der Waals surface area (Å²) in [5, 5.41) is 2.72. The predicted molar refractivity (Wildman–Crippen MR) is 152 cm³/mol. The Hall–Kier alpha value is -5.04. The number of carbonyl (C=O) groups excluding carboxylic acids is 1. The van der Waals surface area contributed by atoms with Crippen LogP contribution in [0.5, 0.6) is 17.2 Å². The second-order valence-electron chi connectivity index (χ2n) is 8.80. The Labute approximate surface area is 227 Å². The fraction of sp³-hybridized carbons (Fsp3) is 0.125. The molecule has 1 amide bonds. The summed E-state index contributed by atoms with van der Waals surface area (Å²) < 4.78 is 18.7. The zero-order valence-electron chi connectivity index (χ0n) is 21.8. The largest absolute Gasteiger partial charge is 0.497 e. The number of carbonyl (C=O) groups is 1. The molecule has 39 heavy (non-hydrogen) atoms. The summed E-state index contributed by atoms with van der Waals surface area (Å²) in [5.41, 5.74) is 4.81. The molecule has 0 bridgehead atoms. The first-order valence-electron chi connectivity index (χ1n) is 12.6. The maximum absolute atomic E-state index is 12.2. The first-order chi connectivity index (χ1) is 19.1. The van der Waals surface area contributed by atoms with E-state index in [1.807, 2.05) is 55.5 Å². The Bertz CT molecular complexity index is 1510. The summed E-state index contributed by atoms with van der Waals surface area (Å²) in [6.07, 6.45) is -0.577. The van der Waals surface area contributed by atoms with Crippen LogP contribution in [-0.4, -0.2) is 29.4 Å². The van der Waals surface area contributed by atoms with E-state index in [0.717, 1.165) is 28.3 Å². The second kappa shape index (κ2) is 12.0. The molecule has 0 unspecified atom stereocenters. The normalized spacial score (nSPS) is 10.6. The topological polar surface area (TPSA) is 74.6 Å². The van der Waals surface area contributed by atoms with Crippen molar-refractivity contribution in [2.45, 2.75) is 13.5 Å². The van der Waals surface area contributed by atoms with Crippen LogP contribution >= 0.6 is 0 Å². The summed E-state index contributed by atoms with van der Waals surface area (Å²) in [7, 11) is 1.58. The molecule has 0 aliphatic carbocycles. The Morgan fingerprint density at radius 2 is 1.36 bits per heavy atom. The average Bonchev–Trinajstić information content (AvgIpc) is 3.31. The SMILES string of the molecule is COc1ccc(OC(=O)Nc2ccc(OCCn3c(C)nc(-c4ccccc4)c3-c3ccccc3)cc2)cc1. The highest BCUT2D eigenvalue weighted by Gasteiger charge is 2.18. The average molecular weight is 520 g/mol. The highest BCUT2D eigenvalue weighted by atomic mass is 16.6. The number of anilines is 1. The molecule has 196 valence electrons. The van der Waals surface area contributed by atoms with Gasteiger partial charge in [-0.1, -0.05) is 60.7 Å². The van der Waals surface area contributed by atoms with Gasteiger partial charge in [0.05, 0.1) is 25.0 Å². The monoisotopic (exact) mass is 519 g/mol. The number of aromatic nitrogens is 2. The highest BCUT2D eigenvalue weighted by Crippen LogP contribution is 2.32. The first-order valence-corrected chi connectivity index (χ1v) is 12.6. The van der Waals surface area contributed by atoms with Crippen LogP contribution in [0.2, 0.25) is 0 Å². The van der Waals surface area contributed by atoms with Crippen LogP contribution in [0.25, 0.3) is 22.5 Å².